The Bertz CT molecular complexity index is 1010. The zero-order valence-corrected chi connectivity index (χ0v) is 16.1. The number of carbonyl (C=O) groups excluding carboxylic acids is 2. The first kappa shape index (κ1) is 20.4. The second-order valence-corrected chi connectivity index (χ2v) is 7.75. The Hall–Kier alpha value is -2.95. The molecule has 27 heavy (non-hydrogen) atoms. The Morgan fingerprint density at radius 3 is 2.30 bits per heavy atom. The van der Waals surface area contributed by atoms with Gasteiger partial charge in [0.25, 0.3) is 5.91 Å². The molecular formula is C20H20N2O4S. The summed E-state index contributed by atoms with van der Waals surface area (Å²) >= 11 is 0. The minimum absolute atomic E-state index is 0.0172. The predicted octanol–water partition coefficient (Wildman–Crippen LogP) is 1.92. The largest absolute Gasteiger partial charge is 0.345 e. The van der Waals surface area contributed by atoms with Gasteiger partial charge in [0.1, 0.15) is 0 Å². The maximum absolute atomic E-state index is 12.3. The van der Waals surface area contributed by atoms with E-state index in [4.69, 9.17) is 0 Å². The molecule has 0 aromatic heterocycles. The summed E-state index contributed by atoms with van der Waals surface area (Å²) in [5.41, 5.74) is 1.55. The van der Waals surface area contributed by atoms with Crippen LogP contribution in [0, 0.1) is 11.8 Å². The van der Waals surface area contributed by atoms with Crippen LogP contribution in [0.15, 0.2) is 53.4 Å². The molecular weight excluding hydrogens is 364 g/mol. The van der Waals surface area contributed by atoms with Crippen LogP contribution in [0.3, 0.4) is 0 Å². The van der Waals surface area contributed by atoms with Crippen molar-refractivity contribution in [3.63, 3.8) is 0 Å². The number of carbonyl (C=O) groups is 2. The summed E-state index contributed by atoms with van der Waals surface area (Å²) < 4.78 is 26.9. The summed E-state index contributed by atoms with van der Waals surface area (Å²) in [6.45, 7) is 1.30. The number of amides is 1. The highest BCUT2D eigenvalue weighted by Gasteiger charge is 2.14. The van der Waals surface area contributed by atoms with Gasteiger partial charge < -0.3 is 4.90 Å². The van der Waals surface area contributed by atoms with Gasteiger partial charge in [-0.1, -0.05) is 24.0 Å². The highest BCUT2D eigenvalue weighted by atomic mass is 32.2. The van der Waals surface area contributed by atoms with Gasteiger partial charge in [0, 0.05) is 30.8 Å². The van der Waals surface area contributed by atoms with Crippen molar-refractivity contribution in [3.8, 4) is 11.8 Å². The first-order valence-electron chi connectivity index (χ1n) is 8.12. The third-order valence-corrected chi connectivity index (χ3v) is 5.07. The molecule has 2 rings (SSSR count). The van der Waals surface area contributed by atoms with E-state index in [1.54, 1.807) is 44.4 Å². The van der Waals surface area contributed by atoms with Crippen molar-refractivity contribution in [1.29, 1.82) is 0 Å². The van der Waals surface area contributed by atoms with Crippen molar-refractivity contribution in [3.05, 3.63) is 65.2 Å². The van der Waals surface area contributed by atoms with E-state index >= 15 is 0 Å². The van der Waals surface area contributed by atoms with E-state index in [9.17, 15) is 18.0 Å². The summed E-state index contributed by atoms with van der Waals surface area (Å²) in [6.07, 6.45) is 0. The number of sulfonamides is 1. The van der Waals surface area contributed by atoms with Gasteiger partial charge in [-0.05, 0) is 43.3 Å². The molecule has 0 atom stereocenters. The van der Waals surface area contributed by atoms with Crippen molar-refractivity contribution in [1.82, 2.24) is 9.62 Å². The van der Waals surface area contributed by atoms with Crippen LogP contribution in [0.1, 0.15) is 33.2 Å². The molecule has 0 aliphatic rings. The molecule has 0 radical (unpaired) electrons. The van der Waals surface area contributed by atoms with Gasteiger partial charge >= 0.3 is 0 Å². The molecule has 0 fully saturated rings. The number of nitrogens with one attached hydrogen (secondary N) is 1. The molecule has 0 bridgehead atoms. The zero-order valence-electron chi connectivity index (χ0n) is 15.3. The summed E-state index contributed by atoms with van der Waals surface area (Å²) in [5.74, 6) is 5.26. The normalized spacial score (nSPS) is 10.6. The zero-order chi connectivity index (χ0) is 20.0. The monoisotopic (exact) mass is 384 g/mol. The smallest absolute Gasteiger partial charge is 0.253 e. The number of hydrogen-bond acceptors (Lipinski definition) is 4. The first-order chi connectivity index (χ1) is 12.7. The highest BCUT2D eigenvalue weighted by Crippen LogP contribution is 2.11. The second-order valence-electron chi connectivity index (χ2n) is 5.99. The summed E-state index contributed by atoms with van der Waals surface area (Å²) in [6, 6.07) is 12.6. The molecule has 0 aliphatic carbocycles. The molecule has 140 valence electrons. The van der Waals surface area contributed by atoms with Gasteiger partial charge in [0.2, 0.25) is 10.0 Å². The quantitative estimate of drug-likeness (QED) is 0.631. The van der Waals surface area contributed by atoms with E-state index in [1.165, 1.54) is 30.0 Å². The lowest BCUT2D eigenvalue weighted by Crippen LogP contribution is -2.24. The first-order valence-corrected chi connectivity index (χ1v) is 9.60. The molecule has 2 aromatic rings. The number of Topliss-reactive ketones (excluding diaryl/α,β-unsaturated/α-hetero) is 1. The van der Waals surface area contributed by atoms with Crippen LogP contribution in [0.4, 0.5) is 0 Å². The lowest BCUT2D eigenvalue weighted by molar-refractivity contribution is 0.0827. The molecule has 0 heterocycles. The fourth-order valence-corrected chi connectivity index (χ4v) is 3.17. The highest BCUT2D eigenvalue weighted by molar-refractivity contribution is 7.89. The lowest BCUT2D eigenvalue weighted by Gasteiger charge is -2.09. The summed E-state index contributed by atoms with van der Waals surface area (Å²) in [7, 11) is -0.403. The molecule has 0 saturated heterocycles. The Balaban J connectivity index is 2.03. The van der Waals surface area contributed by atoms with Crippen LogP contribution in [0.5, 0.6) is 0 Å². The summed E-state index contributed by atoms with van der Waals surface area (Å²) in [4.78, 5) is 24.7. The summed E-state index contributed by atoms with van der Waals surface area (Å²) in [5, 5.41) is 0. The third kappa shape index (κ3) is 5.51. The molecule has 1 amide bonds. The van der Waals surface area contributed by atoms with E-state index < -0.39 is 10.0 Å². The lowest BCUT2D eigenvalue weighted by atomic mass is 10.1. The Morgan fingerprint density at radius 2 is 1.70 bits per heavy atom. The number of nitrogens with zero attached hydrogens (tertiary/aromatic N) is 1. The van der Waals surface area contributed by atoms with Crippen molar-refractivity contribution < 1.29 is 18.0 Å². The number of rotatable bonds is 5. The van der Waals surface area contributed by atoms with Crippen molar-refractivity contribution in [2.24, 2.45) is 0 Å². The van der Waals surface area contributed by atoms with Crippen molar-refractivity contribution in [2.45, 2.75) is 11.8 Å². The molecule has 6 nitrogen and oxygen atoms in total. The van der Waals surface area contributed by atoms with Crippen molar-refractivity contribution >= 4 is 21.7 Å². The van der Waals surface area contributed by atoms with Gasteiger partial charge in [-0.15, -0.1) is 0 Å². The third-order valence-electron chi connectivity index (χ3n) is 3.67. The SMILES string of the molecule is CC(=O)c1cccc(S(=O)(=O)NCC#Cc2ccc(C(=O)N(C)C)cc2)c1. The fourth-order valence-electron chi connectivity index (χ4n) is 2.20. The van der Waals surface area contributed by atoms with Crippen LogP contribution in [0.2, 0.25) is 0 Å². The Morgan fingerprint density at radius 1 is 1.04 bits per heavy atom. The topological polar surface area (TPSA) is 83.5 Å². The van der Waals surface area contributed by atoms with Gasteiger partial charge in [-0.25, -0.2) is 8.42 Å². The minimum Gasteiger partial charge on any atom is -0.345 e. The van der Waals surface area contributed by atoms with E-state index in [2.05, 4.69) is 16.6 Å². The number of benzene rings is 2. The van der Waals surface area contributed by atoms with Crippen LogP contribution >= 0.6 is 0 Å². The Kier molecular flexibility index (Phi) is 6.50. The van der Waals surface area contributed by atoms with Crippen molar-refractivity contribution in [2.75, 3.05) is 20.6 Å². The fraction of sp³-hybridized carbons (Fsp3) is 0.200. The molecule has 0 aliphatic heterocycles. The molecule has 0 spiro atoms. The molecule has 1 N–H and O–H groups in total. The maximum Gasteiger partial charge on any atom is 0.253 e. The van der Waals surface area contributed by atoms with Gasteiger partial charge in [0.05, 0.1) is 11.4 Å². The average molecular weight is 384 g/mol. The second kappa shape index (κ2) is 8.62. The van der Waals surface area contributed by atoms with E-state index in [1.807, 2.05) is 0 Å². The van der Waals surface area contributed by atoms with E-state index in [0.717, 1.165) is 0 Å². The van der Waals surface area contributed by atoms with E-state index in [-0.39, 0.29) is 23.1 Å². The minimum atomic E-state index is -3.75. The van der Waals surface area contributed by atoms with Gasteiger partial charge in [0.15, 0.2) is 5.78 Å². The molecule has 2 aromatic carbocycles. The van der Waals surface area contributed by atoms with Gasteiger partial charge in [-0.3, -0.25) is 9.59 Å². The van der Waals surface area contributed by atoms with Crippen LogP contribution in [0.25, 0.3) is 0 Å². The Labute approximate surface area is 159 Å². The molecule has 7 heteroatoms. The van der Waals surface area contributed by atoms with Gasteiger partial charge in [-0.2, -0.15) is 4.72 Å². The van der Waals surface area contributed by atoms with Crippen LogP contribution in [-0.2, 0) is 10.0 Å². The number of hydrogen-bond donors (Lipinski definition) is 1. The average Bonchev–Trinajstić information content (AvgIpc) is 2.65. The van der Waals surface area contributed by atoms with Crippen LogP contribution in [-0.4, -0.2) is 45.6 Å². The number of ketones is 1. The van der Waals surface area contributed by atoms with Crippen LogP contribution < -0.4 is 4.72 Å². The van der Waals surface area contributed by atoms with E-state index in [0.29, 0.717) is 16.7 Å². The molecule has 0 unspecified atom stereocenters. The standard InChI is InChI=1S/C20H20N2O4S/c1-15(23)18-7-4-8-19(14-18)27(25,26)21-13-5-6-16-9-11-17(12-10-16)20(24)22(2)3/h4,7-12,14,21H,13H2,1-3H3. The maximum atomic E-state index is 12.3. The molecule has 0 saturated carbocycles. The predicted molar refractivity (Wildman–Crippen MR) is 103 cm³/mol.